The predicted octanol–water partition coefficient (Wildman–Crippen LogP) is 2.93. The molecule has 0 radical (unpaired) electrons. The van der Waals surface area contributed by atoms with Gasteiger partial charge in [0.1, 0.15) is 0 Å². The Balaban J connectivity index is 1.79. The highest BCUT2D eigenvalue weighted by Gasteiger charge is 2.14. The van der Waals surface area contributed by atoms with Gasteiger partial charge in [-0.25, -0.2) is 14.8 Å². The van der Waals surface area contributed by atoms with Gasteiger partial charge in [0, 0.05) is 23.3 Å². The number of carboxylic acid groups (broad SMARTS) is 1. The van der Waals surface area contributed by atoms with Crippen LogP contribution in [0.3, 0.4) is 0 Å². The van der Waals surface area contributed by atoms with Crippen molar-refractivity contribution in [2.45, 2.75) is 6.92 Å². The van der Waals surface area contributed by atoms with E-state index in [2.05, 4.69) is 25.5 Å². The first-order chi connectivity index (χ1) is 11.6. The average molecular weight is 340 g/mol. The number of nitrogens with zero attached hydrogens (tertiary/aromatic N) is 4. The van der Waals surface area contributed by atoms with Gasteiger partial charge in [0.05, 0.1) is 34.3 Å². The molecule has 0 aliphatic heterocycles. The summed E-state index contributed by atoms with van der Waals surface area (Å²) in [5.74, 6) is -0.381. The minimum atomic E-state index is -0.954. The number of carbonyl (C=O) groups is 1. The van der Waals surface area contributed by atoms with Crippen LogP contribution in [0.2, 0.25) is 0 Å². The van der Waals surface area contributed by atoms with Gasteiger partial charge in [0.2, 0.25) is 0 Å². The first-order valence-corrected chi connectivity index (χ1v) is 7.92. The molecule has 9 heteroatoms. The van der Waals surface area contributed by atoms with E-state index in [1.807, 2.05) is 17.5 Å². The van der Waals surface area contributed by atoms with E-state index in [9.17, 15) is 4.79 Å². The van der Waals surface area contributed by atoms with Gasteiger partial charge in [0.25, 0.3) is 0 Å². The third-order valence-corrected chi connectivity index (χ3v) is 4.34. The number of aryl methyl sites for hydroxylation is 1. The molecule has 0 spiro atoms. The number of aromatic amines is 1. The lowest BCUT2D eigenvalue weighted by Crippen LogP contribution is -2.00. The van der Waals surface area contributed by atoms with Crippen LogP contribution in [0.25, 0.3) is 16.9 Å². The third-order valence-electron chi connectivity index (χ3n) is 3.49. The molecule has 0 aliphatic carbocycles. The van der Waals surface area contributed by atoms with Crippen molar-refractivity contribution in [3.8, 4) is 11.3 Å². The number of anilines is 2. The number of rotatable bonds is 4. The Bertz CT molecular complexity index is 1030. The standard InChI is InChI=1S/C15H12N6O2S/c1-8-6-21-11(10-3-17-18-4-10)5-16-14(21)13(19-8)20-12-2-9(7-24-12)15(22)23/h2-7H,1H3,(H,17,18)(H,19,20)(H,22,23). The maximum absolute atomic E-state index is 11.0. The molecule has 24 heavy (non-hydrogen) atoms. The second-order valence-corrected chi connectivity index (χ2v) is 6.10. The molecule has 0 aliphatic rings. The van der Waals surface area contributed by atoms with Gasteiger partial charge in [-0.05, 0) is 13.0 Å². The molecule has 4 rings (SSSR count). The number of aromatic nitrogens is 5. The highest BCUT2D eigenvalue weighted by atomic mass is 32.1. The zero-order valence-electron chi connectivity index (χ0n) is 12.5. The van der Waals surface area contributed by atoms with Crippen molar-refractivity contribution in [1.29, 1.82) is 0 Å². The van der Waals surface area contributed by atoms with Crippen LogP contribution in [0.5, 0.6) is 0 Å². The molecule has 0 aromatic carbocycles. The van der Waals surface area contributed by atoms with Gasteiger partial charge in [-0.15, -0.1) is 11.3 Å². The number of hydrogen-bond donors (Lipinski definition) is 3. The molecule has 0 fully saturated rings. The van der Waals surface area contributed by atoms with E-state index in [0.29, 0.717) is 16.5 Å². The number of H-pyrrole nitrogens is 1. The van der Waals surface area contributed by atoms with Crippen LogP contribution >= 0.6 is 11.3 Å². The molecule has 0 atom stereocenters. The molecule has 4 aromatic rings. The fourth-order valence-electron chi connectivity index (χ4n) is 2.43. The number of carboxylic acids is 1. The molecule has 0 amide bonds. The number of hydrogen-bond acceptors (Lipinski definition) is 6. The maximum atomic E-state index is 11.0. The molecule has 4 heterocycles. The highest BCUT2D eigenvalue weighted by Crippen LogP contribution is 2.28. The smallest absolute Gasteiger partial charge is 0.336 e. The number of imidazole rings is 1. The molecule has 4 aromatic heterocycles. The molecule has 0 unspecified atom stereocenters. The first kappa shape index (κ1) is 14.4. The fourth-order valence-corrected chi connectivity index (χ4v) is 3.20. The van der Waals surface area contributed by atoms with E-state index >= 15 is 0 Å². The topological polar surface area (TPSA) is 108 Å². The summed E-state index contributed by atoms with van der Waals surface area (Å²) in [4.78, 5) is 19.9. The summed E-state index contributed by atoms with van der Waals surface area (Å²) < 4.78 is 1.93. The van der Waals surface area contributed by atoms with Gasteiger partial charge >= 0.3 is 5.97 Å². The van der Waals surface area contributed by atoms with Crippen molar-refractivity contribution in [2.24, 2.45) is 0 Å². The summed E-state index contributed by atoms with van der Waals surface area (Å²) in [5.41, 5.74) is 3.52. The van der Waals surface area contributed by atoms with Crippen LogP contribution < -0.4 is 5.32 Å². The number of nitrogens with one attached hydrogen (secondary N) is 2. The number of thiophene rings is 1. The van der Waals surface area contributed by atoms with Gasteiger partial charge in [-0.1, -0.05) is 0 Å². The SMILES string of the molecule is Cc1cn2c(-c3cn[nH]c3)cnc2c(Nc2cc(C(=O)O)cs2)n1. The first-order valence-electron chi connectivity index (χ1n) is 7.04. The van der Waals surface area contributed by atoms with Gasteiger partial charge < -0.3 is 10.4 Å². The molecule has 0 saturated heterocycles. The normalized spacial score (nSPS) is 11.0. The Kier molecular flexibility index (Phi) is 3.28. The van der Waals surface area contributed by atoms with Crippen LogP contribution in [0.4, 0.5) is 10.8 Å². The zero-order chi connectivity index (χ0) is 16.7. The summed E-state index contributed by atoms with van der Waals surface area (Å²) in [6.07, 6.45) is 7.17. The average Bonchev–Trinajstić information content (AvgIpc) is 3.26. The van der Waals surface area contributed by atoms with Crippen molar-refractivity contribution in [3.05, 3.63) is 47.5 Å². The summed E-state index contributed by atoms with van der Waals surface area (Å²) >= 11 is 1.31. The molecule has 0 saturated carbocycles. The van der Waals surface area contributed by atoms with E-state index in [1.54, 1.807) is 30.0 Å². The maximum Gasteiger partial charge on any atom is 0.336 e. The van der Waals surface area contributed by atoms with Crippen LogP contribution in [-0.4, -0.2) is 35.6 Å². The lowest BCUT2D eigenvalue weighted by Gasteiger charge is -2.07. The quantitative estimate of drug-likeness (QED) is 0.527. The molecule has 3 N–H and O–H groups in total. The van der Waals surface area contributed by atoms with E-state index in [1.165, 1.54) is 11.3 Å². The second kappa shape index (κ2) is 5.46. The minimum Gasteiger partial charge on any atom is -0.478 e. The molecular formula is C15H12N6O2S. The molecular weight excluding hydrogens is 328 g/mol. The lowest BCUT2D eigenvalue weighted by atomic mass is 10.3. The number of fused-ring (bicyclic) bond motifs is 1. The Hall–Kier alpha value is -3.20. The molecule has 120 valence electrons. The highest BCUT2D eigenvalue weighted by molar-refractivity contribution is 7.14. The lowest BCUT2D eigenvalue weighted by molar-refractivity contribution is 0.0697. The zero-order valence-corrected chi connectivity index (χ0v) is 13.3. The molecule has 8 nitrogen and oxygen atoms in total. The van der Waals surface area contributed by atoms with Gasteiger partial charge in [-0.2, -0.15) is 5.10 Å². The fraction of sp³-hybridized carbons (Fsp3) is 0.0667. The van der Waals surface area contributed by atoms with Crippen molar-refractivity contribution in [2.75, 3.05) is 5.32 Å². The van der Waals surface area contributed by atoms with Gasteiger partial charge in [0.15, 0.2) is 11.5 Å². The molecule has 0 bridgehead atoms. The van der Waals surface area contributed by atoms with Crippen molar-refractivity contribution in [3.63, 3.8) is 0 Å². The van der Waals surface area contributed by atoms with E-state index in [-0.39, 0.29) is 5.56 Å². The Labute approximate surface area is 139 Å². The van der Waals surface area contributed by atoms with Crippen LogP contribution in [0.15, 0.2) is 36.2 Å². The van der Waals surface area contributed by atoms with Crippen molar-refractivity contribution < 1.29 is 9.90 Å². The Morgan fingerprint density at radius 3 is 3.00 bits per heavy atom. The van der Waals surface area contributed by atoms with Crippen LogP contribution in [0, 0.1) is 6.92 Å². The summed E-state index contributed by atoms with van der Waals surface area (Å²) in [5, 5.41) is 21.2. The monoisotopic (exact) mass is 340 g/mol. The Morgan fingerprint density at radius 1 is 1.42 bits per heavy atom. The number of aromatic carboxylic acids is 1. The van der Waals surface area contributed by atoms with Crippen molar-refractivity contribution in [1.82, 2.24) is 24.6 Å². The minimum absolute atomic E-state index is 0.244. The van der Waals surface area contributed by atoms with E-state index in [4.69, 9.17) is 5.11 Å². The summed E-state index contributed by atoms with van der Waals surface area (Å²) in [7, 11) is 0. The van der Waals surface area contributed by atoms with Gasteiger partial charge in [-0.3, -0.25) is 9.50 Å². The second-order valence-electron chi connectivity index (χ2n) is 5.18. The summed E-state index contributed by atoms with van der Waals surface area (Å²) in [6, 6.07) is 1.58. The van der Waals surface area contributed by atoms with Crippen molar-refractivity contribution >= 4 is 33.8 Å². The van der Waals surface area contributed by atoms with E-state index < -0.39 is 5.97 Å². The third kappa shape index (κ3) is 2.40. The van der Waals surface area contributed by atoms with Crippen LogP contribution in [-0.2, 0) is 0 Å². The largest absolute Gasteiger partial charge is 0.478 e. The predicted molar refractivity (Wildman–Crippen MR) is 89.9 cm³/mol. The van der Waals surface area contributed by atoms with Crippen LogP contribution in [0.1, 0.15) is 16.1 Å². The summed E-state index contributed by atoms with van der Waals surface area (Å²) in [6.45, 7) is 1.89. The van der Waals surface area contributed by atoms with E-state index in [0.717, 1.165) is 17.0 Å². The Morgan fingerprint density at radius 2 is 2.29 bits per heavy atom.